The minimum atomic E-state index is 0.298. The predicted molar refractivity (Wildman–Crippen MR) is 112 cm³/mol. The molecule has 0 saturated heterocycles. The van der Waals surface area contributed by atoms with Crippen molar-refractivity contribution in [2.24, 2.45) is 0 Å². The molecule has 2 heterocycles. The lowest BCUT2D eigenvalue weighted by Crippen LogP contribution is -2.00. The summed E-state index contributed by atoms with van der Waals surface area (Å²) in [6.07, 6.45) is 0. The normalized spacial score (nSPS) is 11.8. The van der Waals surface area contributed by atoms with E-state index in [9.17, 15) is 0 Å². The molecule has 0 atom stereocenters. The third-order valence-electron chi connectivity index (χ3n) is 4.79. The highest BCUT2D eigenvalue weighted by Gasteiger charge is 2.13. The van der Waals surface area contributed by atoms with E-state index in [0.29, 0.717) is 5.92 Å². The van der Waals surface area contributed by atoms with Gasteiger partial charge in [0.05, 0.1) is 11.2 Å². The molecule has 0 saturated carbocycles. The third kappa shape index (κ3) is 2.39. The number of nitrogens with zero attached hydrogens (tertiary/aromatic N) is 2. The highest BCUT2D eigenvalue weighted by Crippen LogP contribution is 2.37. The zero-order chi connectivity index (χ0) is 17.7. The minimum absolute atomic E-state index is 0.298. The van der Waals surface area contributed by atoms with Crippen LogP contribution >= 0.6 is 11.3 Å². The number of benzene rings is 3. The van der Waals surface area contributed by atoms with Crippen molar-refractivity contribution in [1.29, 1.82) is 0 Å². The predicted octanol–water partition coefficient (Wildman–Crippen LogP) is 6.79. The molecule has 0 N–H and O–H groups in total. The summed E-state index contributed by atoms with van der Waals surface area (Å²) < 4.78 is 2.63. The zero-order valence-electron chi connectivity index (χ0n) is 14.7. The molecule has 5 rings (SSSR count). The molecule has 3 heteroatoms. The van der Waals surface area contributed by atoms with Crippen LogP contribution in [0.1, 0.15) is 25.6 Å². The van der Waals surface area contributed by atoms with Gasteiger partial charge in [0.1, 0.15) is 5.82 Å². The van der Waals surface area contributed by atoms with Crippen molar-refractivity contribution >= 4 is 42.4 Å². The van der Waals surface area contributed by atoms with Gasteiger partial charge in [-0.2, -0.15) is 0 Å². The summed E-state index contributed by atoms with van der Waals surface area (Å²) in [4.78, 5) is 9.67. The van der Waals surface area contributed by atoms with E-state index in [-0.39, 0.29) is 0 Å². The summed E-state index contributed by atoms with van der Waals surface area (Å²) in [5.74, 6) is 1.20. The highest BCUT2D eigenvalue weighted by molar-refractivity contribution is 7.25. The molecule has 0 bridgehead atoms. The summed E-state index contributed by atoms with van der Waals surface area (Å²) in [7, 11) is 0. The molecule has 0 aliphatic rings. The van der Waals surface area contributed by atoms with E-state index in [1.807, 2.05) is 17.4 Å². The molecule has 0 spiro atoms. The number of para-hydroxylation sites is 1. The summed E-state index contributed by atoms with van der Waals surface area (Å²) in [6, 6.07) is 23.6. The Balaban J connectivity index is 1.80. The topological polar surface area (TPSA) is 25.8 Å². The molecule has 0 aliphatic carbocycles. The highest BCUT2D eigenvalue weighted by atomic mass is 32.1. The van der Waals surface area contributed by atoms with Crippen molar-refractivity contribution < 1.29 is 0 Å². The monoisotopic (exact) mass is 354 g/mol. The molecule has 0 unspecified atom stereocenters. The Morgan fingerprint density at radius 1 is 0.731 bits per heavy atom. The van der Waals surface area contributed by atoms with Gasteiger partial charge >= 0.3 is 0 Å². The minimum Gasteiger partial charge on any atom is -0.233 e. The number of hydrogen-bond acceptors (Lipinski definition) is 3. The lowest BCUT2D eigenvalue weighted by atomic mass is 10.0. The Labute approximate surface area is 156 Å². The van der Waals surface area contributed by atoms with Gasteiger partial charge in [-0.1, -0.05) is 62.4 Å². The van der Waals surface area contributed by atoms with Crippen molar-refractivity contribution in [3.8, 4) is 11.3 Å². The van der Waals surface area contributed by atoms with Crippen molar-refractivity contribution in [1.82, 2.24) is 9.97 Å². The van der Waals surface area contributed by atoms with Crippen LogP contribution < -0.4 is 0 Å². The molecule has 2 aromatic heterocycles. The molecule has 5 aromatic rings. The standard InChI is InChI=1S/C23H18N2S/c1-14(2)23-24-19-9-5-3-8-18(19)22(25-23)15-11-12-17-16-7-4-6-10-20(16)26-21(17)13-15/h3-14H,1-2H3. The summed E-state index contributed by atoms with van der Waals surface area (Å²) in [5.41, 5.74) is 3.20. The van der Waals surface area contributed by atoms with E-state index in [4.69, 9.17) is 9.97 Å². The average molecular weight is 354 g/mol. The van der Waals surface area contributed by atoms with Gasteiger partial charge in [-0.25, -0.2) is 9.97 Å². The lowest BCUT2D eigenvalue weighted by Gasteiger charge is -2.11. The van der Waals surface area contributed by atoms with Crippen molar-refractivity contribution in [2.75, 3.05) is 0 Å². The van der Waals surface area contributed by atoms with Crippen LogP contribution in [0, 0.1) is 0 Å². The van der Waals surface area contributed by atoms with E-state index < -0.39 is 0 Å². The van der Waals surface area contributed by atoms with Crippen LogP contribution in [0.2, 0.25) is 0 Å². The number of fused-ring (bicyclic) bond motifs is 4. The molecule has 0 amide bonds. The van der Waals surface area contributed by atoms with Crippen molar-refractivity contribution in [2.45, 2.75) is 19.8 Å². The summed E-state index contributed by atoms with van der Waals surface area (Å²) in [5, 5.41) is 3.75. The summed E-state index contributed by atoms with van der Waals surface area (Å²) >= 11 is 1.84. The van der Waals surface area contributed by atoms with Gasteiger partial charge in [-0.15, -0.1) is 11.3 Å². The molecular formula is C23H18N2S. The van der Waals surface area contributed by atoms with Crippen LogP contribution in [-0.4, -0.2) is 9.97 Å². The smallest absolute Gasteiger partial charge is 0.132 e. The molecule has 2 nitrogen and oxygen atoms in total. The van der Waals surface area contributed by atoms with Crippen LogP contribution in [0.5, 0.6) is 0 Å². The van der Waals surface area contributed by atoms with Gasteiger partial charge in [0.2, 0.25) is 0 Å². The van der Waals surface area contributed by atoms with Crippen molar-refractivity contribution in [3.05, 3.63) is 72.6 Å². The van der Waals surface area contributed by atoms with Crippen LogP contribution in [0.25, 0.3) is 42.3 Å². The molecule has 0 fully saturated rings. The number of aromatic nitrogens is 2. The molecule has 3 aromatic carbocycles. The van der Waals surface area contributed by atoms with E-state index in [0.717, 1.165) is 28.0 Å². The van der Waals surface area contributed by atoms with E-state index in [1.165, 1.54) is 20.2 Å². The average Bonchev–Trinajstić information content (AvgIpc) is 3.04. The fraction of sp³-hybridized carbons (Fsp3) is 0.130. The van der Waals surface area contributed by atoms with Crippen molar-refractivity contribution in [3.63, 3.8) is 0 Å². The first-order valence-corrected chi connectivity index (χ1v) is 9.71. The maximum Gasteiger partial charge on any atom is 0.132 e. The molecule has 126 valence electrons. The molecule has 0 radical (unpaired) electrons. The Morgan fingerprint density at radius 3 is 2.31 bits per heavy atom. The molecule has 0 aliphatic heterocycles. The van der Waals surface area contributed by atoms with Gasteiger partial charge < -0.3 is 0 Å². The van der Waals surface area contributed by atoms with E-state index in [2.05, 4.69) is 74.5 Å². The quantitative estimate of drug-likeness (QED) is 0.349. The molecule has 26 heavy (non-hydrogen) atoms. The largest absolute Gasteiger partial charge is 0.233 e. The first-order valence-electron chi connectivity index (χ1n) is 8.89. The Kier molecular flexibility index (Phi) is 3.50. The number of hydrogen-bond donors (Lipinski definition) is 0. The lowest BCUT2D eigenvalue weighted by molar-refractivity contribution is 0.784. The van der Waals surface area contributed by atoms with Gasteiger partial charge in [0, 0.05) is 37.0 Å². The van der Waals surface area contributed by atoms with Gasteiger partial charge in [-0.3, -0.25) is 0 Å². The Bertz CT molecular complexity index is 1270. The first-order chi connectivity index (χ1) is 12.7. The third-order valence-corrected chi connectivity index (χ3v) is 5.92. The Morgan fingerprint density at radius 2 is 1.46 bits per heavy atom. The molecular weight excluding hydrogens is 336 g/mol. The summed E-state index contributed by atoms with van der Waals surface area (Å²) in [6.45, 7) is 4.28. The SMILES string of the molecule is CC(C)c1nc(-c2ccc3c(c2)sc2ccccc23)c2ccccc2n1. The Hall–Kier alpha value is -2.78. The van der Waals surface area contributed by atoms with E-state index >= 15 is 0 Å². The fourth-order valence-corrected chi connectivity index (χ4v) is 4.59. The van der Waals surface area contributed by atoms with Crippen LogP contribution in [0.3, 0.4) is 0 Å². The van der Waals surface area contributed by atoms with Crippen LogP contribution in [0.15, 0.2) is 66.7 Å². The first kappa shape index (κ1) is 15.5. The maximum absolute atomic E-state index is 4.92. The van der Waals surface area contributed by atoms with E-state index in [1.54, 1.807) is 0 Å². The number of thiophene rings is 1. The maximum atomic E-state index is 4.92. The second-order valence-corrected chi connectivity index (χ2v) is 8.00. The second kappa shape index (κ2) is 5.89. The van der Waals surface area contributed by atoms with Gasteiger partial charge in [0.25, 0.3) is 0 Å². The zero-order valence-corrected chi connectivity index (χ0v) is 15.5. The number of rotatable bonds is 2. The van der Waals surface area contributed by atoms with Crippen LogP contribution in [-0.2, 0) is 0 Å². The van der Waals surface area contributed by atoms with Gasteiger partial charge in [-0.05, 0) is 18.2 Å². The van der Waals surface area contributed by atoms with Crippen LogP contribution in [0.4, 0.5) is 0 Å². The fourth-order valence-electron chi connectivity index (χ4n) is 3.45. The van der Waals surface area contributed by atoms with Gasteiger partial charge in [0.15, 0.2) is 0 Å². The second-order valence-electron chi connectivity index (χ2n) is 6.91.